The lowest BCUT2D eigenvalue weighted by molar-refractivity contribution is -0.139. The molecule has 8 heteroatoms. The van der Waals surface area contributed by atoms with Gasteiger partial charge in [0.1, 0.15) is 0 Å². The van der Waals surface area contributed by atoms with Crippen LogP contribution in [0, 0.1) is 13.8 Å². The van der Waals surface area contributed by atoms with Gasteiger partial charge in [0.25, 0.3) is 0 Å². The summed E-state index contributed by atoms with van der Waals surface area (Å²) in [4.78, 5) is 8.46. The summed E-state index contributed by atoms with van der Waals surface area (Å²) in [6, 6.07) is 2.37. The number of hydrogen-bond donors (Lipinski definition) is 0. The lowest BCUT2D eigenvalue weighted by atomic mass is 9.81. The van der Waals surface area contributed by atoms with Crippen molar-refractivity contribution in [3.63, 3.8) is 0 Å². The molecule has 0 aliphatic carbocycles. The Bertz CT molecular complexity index is 934. The Morgan fingerprint density at radius 1 is 0.800 bits per heavy atom. The Hall–Kier alpha value is -2.12. The van der Waals surface area contributed by atoms with Gasteiger partial charge in [-0.1, -0.05) is 34.6 Å². The molecule has 0 atom stereocenters. The first-order valence-electron chi connectivity index (χ1n) is 9.46. The van der Waals surface area contributed by atoms with Crippen molar-refractivity contribution in [3.05, 3.63) is 57.7 Å². The van der Waals surface area contributed by atoms with E-state index < -0.39 is 34.3 Å². The van der Waals surface area contributed by atoms with E-state index in [0.29, 0.717) is 5.69 Å². The fourth-order valence-electron chi connectivity index (χ4n) is 3.47. The number of rotatable bonds is 3. The average molecular weight is 432 g/mol. The topological polar surface area (TPSA) is 25.8 Å². The van der Waals surface area contributed by atoms with Crippen molar-refractivity contribution in [2.75, 3.05) is 0 Å². The van der Waals surface area contributed by atoms with Gasteiger partial charge < -0.3 is 0 Å². The van der Waals surface area contributed by atoms with Crippen LogP contribution in [0.2, 0.25) is 0 Å². The second-order valence-electron chi connectivity index (χ2n) is 9.34. The van der Waals surface area contributed by atoms with E-state index in [9.17, 15) is 26.3 Å². The van der Waals surface area contributed by atoms with Gasteiger partial charge in [-0.3, -0.25) is 9.97 Å². The lowest BCUT2D eigenvalue weighted by Crippen LogP contribution is -2.27. The maximum absolute atomic E-state index is 13.6. The predicted molar refractivity (Wildman–Crippen MR) is 103 cm³/mol. The van der Waals surface area contributed by atoms with E-state index in [0.717, 1.165) is 6.07 Å². The van der Waals surface area contributed by atoms with Gasteiger partial charge in [0.05, 0.1) is 16.8 Å². The highest BCUT2D eigenvalue weighted by Crippen LogP contribution is 2.40. The first-order valence-corrected chi connectivity index (χ1v) is 9.46. The molecule has 0 fully saturated rings. The van der Waals surface area contributed by atoms with Gasteiger partial charge in [-0.25, -0.2) is 0 Å². The fraction of sp³-hybridized carbons (Fsp3) is 0.545. The lowest BCUT2D eigenvalue weighted by Gasteiger charge is -2.28. The zero-order valence-electron chi connectivity index (χ0n) is 18.1. The van der Waals surface area contributed by atoms with Gasteiger partial charge in [0.15, 0.2) is 0 Å². The Morgan fingerprint density at radius 3 is 1.83 bits per heavy atom. The molecule has 0 spiro atoms. The second-order valence-corrected chi connectivity index (χ2v) is 9.34. The molecule has 30 heavy (non-hydrogen) atoms. The van der Waals surface area contributed by atoms with Crippen molar-refractivity contribution >= 4 is 0 Å². The molecule has 2 aromatic rings. The first-order chi connectivity index (χ1) is 13.3. The minimum absolute atomic E-state index is 0.0144. The minimum Gasteiger partial charge on any atom is -0.260 e. The number of aryl methyl sites for hydroxylation is 2. The van der Waals surface area contributed by atoms with Gasteiger partial charge in [0, 0.05) is 34.8 Å². The number of nitrogens with zero attached hydrogens (tertiary/aromatic N) is 2. The van der Waals surface area contributed by atoms with E-state index in [4.69, 9.17) is 0 Å². The Labute approximate surface area is 172 Å². The molecule has 2 heterocycles. The summed E-state index contributed by atoms with van der Waals surface area (Å²) in [7, 11) is 0. The number of alkyl halides is 6. The zero-order valence-corrected chi connectivity index (χ0v) is 18.1. The van der Waals surface area contributed by atoms with Crippen LogP contribution in [0.5, 0.6) is 0 Å². The maximum Gasteiger partial charge on any atom is 0.418 e. The Kier molecular flexibility index (Phi) is 6.07. The van der Waals surface area contributed by atoms with Crippen molar-refractivity contribution in [2.24, 2.45) is 0 Å². The third-order valence-corrected chi connectivity index (χ3v) is 4.99. The van der Waals surface area contributed by atoms with E-state index in [-0.39, 0.29) is 28.9 Å². The standard InChI is InChI=1S/C22H26F6N2/c1-12-8-14(30-18(19(3,4)5)17(12)22(26,27)28)10-20(6,7)16-9-15(21(23,24)25)13(2)11-29-16/h8-9,11H,10H2,1-7H3. The van der Waals surface area contributed by atoms with Crippen LogP contribution in [0.15, 0.2) is 18.3 Å². The quantitative estimate of drug-likeness (QED) is 0.491. The van der Waals surface area contributed by atoms with E-state index in [1.807, 2.05) is 0 Å². The van der Waals surface area contributed by atoms with Gasteiger partial charge in [-0.05, 0) is 37.1 Å². The summed E-state index contributed by atoms with van der Waals surface area (Å²) in [5.74, 6) is 0. The van der Waals surface area contributed by atoms with E-state index >= 15 is 0 Å². The molecule has 0 saturated heterocycles. The normalized spacial score (nSPS) is 13.6. The number of aromatic nitrogens is 2. The monoisotopic (exact) mass is 432 g/mol. The van der Waals surface area contributed by atoms with Crippen LogP contribution in [0.4, 0.5) is 26.3 Å². The zero-order chi connectivity index (χ0) is 23.3. The van der Waals surface area contributed by atoms with Gasteiger partial charge in [-0.15, -0.1) is 0 Å². The summed E-state index contributed by atoms with van der Waals surface area (Å²) < 4.78 is 80.7. The van der Waals surface area contributed by atoms with E-state index in [2.05, 4.69) is 9.97 Å². The summed E-state index contributed by atoms with van der Waals surface area (Å²) in [5, 5.41) is 0. The van der Waals surface area contributed by atoms with Gasteiger partial charge >= 0.3 is 12.4 Å². The predicted octanol–water partition coefficient (Wildman–Crippen LogP) is 6.95. The molecule has 2 nitrogen and oxygen atoms in total. The summed E-state index contributed by atoms with van der Waals surface area (Å²) in [6.45, 7) is 11.1. The van der Waals surface area contributed by atoms with E-state index in [1.165, 1.54) is 26.1 Å². The smallest absolute Gasteiger partial charge is 0.260 e. The molecule has 0 aliphatic rings. The number of pyridine rings is 2. The van der Waals surface area contributed by atoms with Gasteiger partial charge in [-0.2, -0.15) is 26.3 Å². The minimum atomic E-state index is -4.55. The molecule has 0 aliphatic heterocycles. The third-order valence-electron chi connectivity index (χ3n) is 4.99. The molecule has 0 unspecified atom stereocenters. The highest BCUT2D eigenvalue weighted by Gasteiger charge is 2.40. The molecule has 0 N–H and O–H groups in total. The van der Waals surface area contributed by atoms with Crippen LogP contribution < -0.4 is 0 Å². The first kappa shape index (κ1) is 24.2. The fourth-order valence-corrected chi connectivity index (χ4v) is 3.47. The summed E-state index contributed by atoms with van der Waals surface area (Å²) in [6.07, 6.45) is -7.75. The van der Waals surface area contributed by atoms with Crippen LogP contribution in [0.25, 0.3) is 0 Å². The van der Waals surface area contributed by atoms with Gasteiger partial charge in [0.2, 0.25) is 0 Å². The van der Waals surface area contributed by atoms with Crippen molar-refractivity contribution in [2.45, 2.75) is 78.1 Å². The third kappa shape index (κ3) is 5.13. The van der Waals surface area contributed by atoms with Crippen molar-refractivity contribution in [3.8, 4) is 0 Å². The Balaban J connectivity index is 2.56. The molecule has 0 bridgehead atoms. The van der Waals surface area contributed by atoms with E-state index in [1.54, 1.807) is 34.6 Å². The molecule has 2 aromatic heterocycles. The molecule has 0 saturated carbocycles. The molecule has 166 valence electrons. The second kappa shape index (κ2) is 7.54. The molecular formula is C22H26F6N2. The van der Waals surface area contributed by atoms with Crippen LogP contribution in [-0.2, 0) is 29.6 Å². The van der Waals surface area contributed by atoms with Crippen molar-refractivity contribution < 1.29 is 26.3 Å². The number of hydrogen-bond acceptors (Lipinski definition) is 2. The summed E-state index contributed by atoms with van der Waals surface area (Å²) >= 11 is 0. The average Bonchev–Trinajstić information content (AvgIpc) is 2.50. The van der Waals surface area contributed by atoms with Crippen LogP contribution in [-0.4, -0.2) is 9.97 Å². The van der Waals surface area contributed by atoms with Crippen molar-refractivity contribution in [1.82, 2.24) is 9.97 Å². The van der Waals surface area contributed by atoms with Crippen LogP contribution >= 0.6 is 0 Å². The molecule has 0 amide bonds. The maximum atomic E-state index is 13.6. The Morgan fingerprint density at radius 2 is 1.37 bits per heavy atom. The largest absolute Gasteiger partial charge is 0.418 e. The number of halogens is 6. The van der Waals surface area contributed by atoms with Crippen molar-refractivity contribution in [1.29, 1.82) is 0 Å². The highest BCUT2D eigenvalue weighted by atomic mass is 19.4. The molecule has 0 aromatic carbocycles. The highest BCUT2D eigenvalue weighted by molar-refractivity contribution is 5.39. The molecule has 0 radical (unpaired) electrons. The summed E-state index contributed by atoms with van der Waals surface area (Å²) in [5.41, 5.74) is -2.70. The van der Waals surface area contributed by atoms with Crippen LogP contribution in [0.3, 0.4) is 0 Å². The molecule has 2 rings (SSSR count). The molecular weight excluding hydrogens is 406 g/mol. The van der Waals surface area contributed by atoms with Crippen LogP contribution in [0.1, 0.15) is 74.0 Å². The SMILES string of the molecule is Cc1cnc(C(C)(C)Cc2cc(C)c(C(F)(F)F)c(C(C)(C)C)n2)cc1C(F)(F)F.